The molecule has 8 heteroatoms. The minimum atomic E-state index is -0.482. The second kappa shape index (κ2) is 6.61. The number of non-ortho nitro benzene ring substituents is 1. The highest BCUT2D eigenvalue weighted by Crippen LogP contribution is 2.12. The zero-order valence-electron chi connectivity index (χ0n) is 12.2. The number of hydrogen-bond acceptors (Lipinski definition) is 5. The van der Waals surface area contributed by atoms with Crippen LogP contribution in [0.25, 0.3) is 0 Å². The van der Waals surface area contributed by atoms with Crippen molar-refractivity contribution < 1.29 is 9.72 Å². The lowest BCUT2D eigenvalue weighted by atomic mass is 10.1. The van der Waals surface area contributed by atoms with Gasteiger partial charge in [-0.3, -0.25) is 19.6 Å². The Labute approximate surface area is 126 Å². The van der Waals surface area contributed by atoms with Crippen molar-refractivity contribution in [2.75, 3.05) is 0 Å². The van der Waals surface area contributed by atoms with Gasteiger partial charge in [0.05, 0.1) is 23.3 Å². The molecule has 0 radical (unpaired) electrons. The molecule has 114 valence electrons. The van der Waals surface area contributed by atoms with E-state index < -0.39 is 4.92 Å². The van der Waals surface area contributed by atoms with Gasteiger partial charge in [0, 0.05) is 30.9 Å². The molecule has 22 heavy (non-hydrogen) atoms. The molecule has 1 amide bonds. The lowest BCUT2D eigenvalue weighted by molar-refractivity contribution is -0.384. The minimum absolute atomic E-state index is 0.00534. The summed E-state index contributed by atoms with van der Waals surface area (Å²) in [6.45, 7) is 1.85. The molecular weight excluding hydrogens is 286 g/mol. The average molecular weight is 301 g/mol. The number of aromatic nitrogens is 2. The number of nitro benzene ring substituents is 1. The summed E-state index contributed by atoms with van der Waals surface area (Å²) in [5.74, 6) is -0.299. The average Bonchev–Trinajstić information content (AvgIpc) is 2.77. The van der Waals surface area contributed by atoms with E-state index in [0.717, 1.165) is 11.3 Å². The van der Waals surface area contributed by atoms with Gasteiger partial charge in [-0.15, -0.1) is 0 Å². The third-order valence-corrected chi connectivity index (χ3v) is 2.96. The largest absolute Gasteiger partial charge is 0.275 e. The maximum atomic E-state index is 11.7. The fourth-order valence-electron chi connectivity index (χ4n) is 1.88. The van der Waals surface area contributed by atoms with Crippen LogP contribution in [-0.4, -0.2) is 26.8 Å². The van der Waals surface area contributed by atoms with Gasteiger partial charge in [0.2, 0.25) is 5.91 Å². The van der Waals surface area contributed by atoms with Crippen molar-refractivity contribution in [1.29, 1.82) is 0 Å². The molecule has 8 nitrogen and oxygen atoms in total. The van der Waals surface area contributed by atoms with E-state index in [2.05, 4.69) is 15.6 Å². The third kappa shape index (κ3) is 3.98. The summed E-state index contributed by atoms with van der Waals surface area (Å²) >= 11 is 0. The van der Waals surface area contributed by atoms with Crippen molar-refractivity contribution in [3.05, 3.63) is 57.4 Å². The molecule has 0 aliphatic rings. The molecule has 2 rings (SSSR count). The normalized spacial score (nSPS) is 10.8. The van der Waals surface area contributed by atoms with Crippen LogP contribution in [0.1, 0.15) is 16.8 Å². The van der Waals surface area contributed by atoms with Gasteiger partial charge in [-0.1, -0.05) is 12.1 Å². The number of nitrogens with zero attached hydrogens (tertiary/aromatic N) is 4. The highest BCUT2D eigenvalue weighted by Gasteiger charge is 2.07. The highest BCUT2D eigenvalue weighted by atomic mass is 16.6. The first kappa shape index (κ1) is 15.4. The summed E-state index contributed by atoms with van der Waals surface area (Å²) in [5, 5.41) is 18.6. The van der Waals surface area contributed by atoms with Gasteiger partial charge < -0.3 is 0 Å². The number of rotatable bonds is 5. The van der Waals surface area contributed by atoms with Gasteiger partial charge in [0.15, 0.2) is 0 Å². The molecule has 1 N–H and O–H groups in total. The second-order valence-electron chi connectivity index (χ2n) is 4.74. The smallest absolute Gasteiger partial charge is 0.269 e. The van der Waals surface area contributed by atoms with Crippen LogP contribution in [0.4, 0.5) is 5.69 Å². The van der Waals surface area contributed by atoms with Crippen LogP contribution in [0.2, 0.25) is 0 Å². The molecule has 0 unspecified atom stereocenters. The zero-order chi connectivity index (χ0) is 16.1. The molecule has 0 spiro atoms. The molecule has 0 fully saturated rings. The van der Waals surface area contributed by atoms with Crippen molar-refractivity contribution >= 4 is 17.8 Å². The molecule has 0 aliphatic heterocycles. The fraction of sp³-hybridized carbons (Fsp3) is 0.214. The Hall–Kier alpha value is -3.03. The Morgan fingerprint density at radius 1 is 1.45 bits per heavy atom. The van der Waals surface area contributed by atoms with Crippen molar-refractivity contribution in [3.63, 3.8) is 0 Å². The number of benzene rings is 1. The van der Waals surface area contributed by atoms with Crippen LogP contribution in [0.3, 0.4) is 0 Å². The minimum Gasteiger partial charge on any atom is -0.275 e. The van der Waals surface area contributed by atoms with Crippen molar-refractivity contribution in [2.24, 2.45) is 12.1 Å². The predicted octanol–water partition coefficient (Wildman–Crippen LogP) is 1.33. The van der Waals surface area contributed by atoms with Crippen LogP contribution < -0.4 is 5.43 Å². The quantitative estimate of drug-likeness (QED) is 0.511. The van der Waals surface area contributed by atoms with Crippen LogP contribution in [-0.2, 0) is 18.3 Å². The van der Waals surface area contributed by atoms with Crippen LogP contribution in [0, 0.1) is 17.0 Å². The molecule has 0 aliphatic carbocycles. The molecule has 0 saturated heterocycles. The van der Waals surface area contributed by atoms with E-state index in [4.69, 9.17) is 0 Å². The van der Waals surface area contributed by atoms with Crippen LogP contribution in [0.5, 0.6) is 0 Å². The SMILES string of the molecule is Cc1nn(C)cc1/C=N/NC(=O)Cc1ccc([N+](=O)[O-])cc1. The van der Waals surface area contributed by atoms with E-state index in [1.54, 1.807) is 30.1 Å². The second-order valence-corrected chi connectivity index (χ2v) is 4.74. The van der Waals surface area contributed by atoms with Gasteiger partial charge in [-0.05, 0) is 12.5 Å². The Morgan fingerprint density at radius 2 is 2.14 bits per heavy atom. The molecule has 1 heterocycles. The van der Waals surface area contributed by atoms with Crippen LogP contribution in [0.15, 0.2) is 35.6 Å². The van der Waals surface area contributed by atoms with Gasteiger partial charge in [-0.25, -0.2) is 5.43 Å². The number of carbonyl (C=O) groups excluding carboxylic acids is 1. The molecular formula is C14H15N5O3. The number of hydrazone groups is 1. The summed E-state index contributed by atoms with van der Waals surface area (Å²) in [7, 11) is 1.80. The Morgan fingerprint density at radius 3 is 2.68 bits per heavy atom. The number of nitrogens with one attached hydrogen (secondary N) is 1. The summed E-state index contributed by atoms with van der Waals surface area (Å²) in [5.41, 5.74) is 4.72. The topological polar surface area (TPSA) is 102 Å². The maximum Gasteiger partial charge on any atom is 0.269 e. The van der Waals surface area contributed by atoms with Gasteiger partial charge >= 0.3 is 0 Å². The molecule has 0 atom stereocenters. The number of aryl methyl sites for hydroxylation is 2. The zero-order valence-corrected chi connectivity index (χ0v) is 12.2. The first-order chi connectivity index (χ1) is 10.5. The van der Waals surface area contributed by atoms with Crippen molar-refractivity contribution in [2.45, 2.75) is 13.3 Å². The van der Waals surface area contributed by atoms with E-state index in [9.17, 15) is 14.9 Å². The Balaban J connectivity index is 1.90. The van der Waals surface area contributed by atoms with E-state index in [-0.39, 0.29) is 18.0 Å². The Bertz CT molecular complexity index is 719. The van der Waals surface area contributed by atoms with E-state index >= 15 is 0 Å². The summed E-state index contributed by atoms with van der Waals surface area (Å²) in [6, 6.07) is 5.83. The number of nitro groups is 1. The molecule has 1 aromatic heterocycles. The standard InChI is InChI=1S/C14H15N5O3/c1-10-12(9-18(2)17-10)8-15-16-14(20)7-11-3-5-13(6-4-11)19(21)22/h3-6,8-9H,7H2,1-2H3,(H,16,20)/b15-8+. The third-order valence-electron chi connectivity index (χ3n) is 2.96. The van der Waals surface area contributed by atoms with Crippen molar-refractivity contribution in [3.8, 4) is 0 Å². The lowest BCUT2D eigenvalue weighted by Crippen LogP contribution is -2.19. The van der Waals surface area contributed by atoms with Gasteiger partial charge in [-0.2, -0.15) is 10.2 Å². The number of amides is 1. The van der Waals surface area contributed by atoms with E-state index in [0.29, 0.717) is 5.56 Å². The van der Waals surface area contributed by atoms with Crippen molar-refractivity contribution in [1.82, 2.24) is 15.2 Å². The summed E-state index contributed by atoms with van der Waals surface area (Å²) in [4.78, 5) is 21.8. The summed E-state index contributed by atoms with van der Waals surface area (Å²) < 4.78 is 1.66. The molecule has 2 aromatic rings. The maximum absolute atomic E-state index is 11.7. The molecule has 1 aromatic carbocycles. The van der Waals surface area contributed by atoms with Gasteiger partial charge in [0.25, 0.3) is 5.69 Å². The first-order valence-electron chi connectivity index (χ1n) is 6.51. The monoisotopic (exact) mass is 301 g/mol. The number of hydrogen-bond donors (Lipinski definition) is 1. The fourth-order valence-corrected chi connectivity index (χ4v) is 1.88. The summed E-state index contributed by atoms with van der Waals surface area (Å²) in [6.07, 6.45) is 3.42. The first-order valence-corrected chi connectivity index (χ1v) is 6.51. The van der Waals surface area contributed by atoms with Gasteiger partial charge in [0.1, 0.15) is 0 Å². The lowest BCUT2D eigenvalue weighted by Gasteiger charge is -2.00. The molecule has 0 bridgehead atoms. The Kier molecular flexibility index (Phi) is 4.62. The predicted molar refractivity (Wildman–Crippen MR) is 80.5 cm³/mol. The highest BCUT2D eigenvalue weighted by molar-refractivity contribution is 5.83. The molecule has 0 saturated carbocycles. The van der Waals surface area contributed by atoms with Crippen LogP contribution >= 0.6 is 0 Å². The number of carbonyl (C=O) groups is 1. The van der Waals surface area contributed by atoms with E-state index in [1.165, 1.54) is 18.3 Å². The van der Waals surface area contributed by atoms with E-state index in [1.807, 2.05) is 6.92 Å².